The van der Waals surface area contributed by atoms with Crippen LogP contribution in [0.3, 0.4) is 0 Å². The molecule has 1 N–H and O–H groups in total. The van der Waals surface area contributed by atoms with Crippen LogP contribution in [0.1, 0.15) is 12.5 Å². The van der Waals surface area contributed by atoms with Gasteiger partial charge in [-0.2, -0.15) is 0 Å². The molecule has 1 aliphatic rings. The fourth-order valence-electron chi connectivity index (χ4n) is 2.78. The van der Waals surface area contributed by atoms with Crippen LogP contribution in [0, 0.1) is 3.57 Å². The molecule has 3 rings (SSSR count). The van der Waals surface area contributed by atoms with E-state index in [-0.39, 0.29) is 10.7 Å². The molecule has 0 saturated carbocycles. The highest BCUT2D eigenvalue weighted by Gasteiger charge is 2.34. The van der Waals surface area contributed by atoms with Gasteiger partial charge in [0.1, 0.15) is 5.57 Å². The van der Waals surface area contributed by atoms with Crippen molar-refractivity contribution in [2.75, 3.05) is 18.6 Å². The fraction of sp³-hybridized carbons (Fsp3) is 0.150. The van der Waals surface area contributed by atoms with E-state index >= 15 is 0 Å². The Balaban J connectivity index is 2.04. The molecule has 2 aromatic carbocycles. The monoisotopic (exact) mass is 586 g/mol. The number of nitrogens with one attached hydrogen (secondary N) is 1. The van der Waals surface area contributed by atoms with Gasteiger partial charge in [-0.1, -0.05) is 22.0 Å². The molecule has 0 aromatic heterocycles. The lowest BCUT2D eigenvalue weighted by molar-refractivity contribution is -0.122. The summed E-state index contributed by atoms with van der Waals surface area (Å²) in [7, 11) is 1.54. The Hall–Kier alpha value is -1.98. The van der Waals surface area contributed by atoms with Crippen molar-refractivity contribution in [3.05, 3.63) is 55.6 Å². The van der Waals surface area contributed by atoms with Crippen molar-refractivity contribution in [2.24, 2.45) is 0 Å². The summed E-state index contributed by atoms with van der Waals surface area (Å²) in [6.45, 7) is 2.38. The Bertz CT molecular complexity index is 1040. The van der Waals surface area contributed by atoms with Gasteiger partial charge in [-0.05, 0) is 83.7 Å². The third kappa shape index (κ3) is 4.62. The lowest BCUT2D eigenvalue weighted by atomic mass is 10.1. The predicted octanol–water partition coefficient (Wildman–Crippen LogP) is 4.29. The lowest BCUT2D eigenvalue weighted by Gasteiger charge is -2.29. The van der Waals surface area contributed by atoms with E-state index in [0.717, 1.165) is 8.04 Å². The molecular weight excluding hydrogens is 571 g/mol. The molecule has 0 bridgehead atoms. The average Bonchev–Trinajstić information content (AvgIpc) is 2.67. The highest BCUT2D eigenvalue weighted by Crippen LogP contribution is 2.35. The van der Waals surface area contributed by atoms with Crippen LogP contribution in [0.4, 0.5) is 5.69 Å². The maximum atomic E-state index is 13.1. The van der Waals surface area contributed by atoms with Crippen molar-refractivity contribution in [3.63, 3.8) is 0 Å². The first-order chi connectivity index (χ1) is 13.8. The number of amides is 2. The standard InChI is InChI=1S/C20H16BrIN2O4S/c1-3-28-17-15(22)8-11(9-16(17)27-2)7-14-18(25)23-20(29)24(19(14)26)13-6-4-5-12(21)10-13/h4-10H,3H2,1-2H3,(H,23,25,29). The summed E-state index contributed by atoms with van der Waals surface area (Å²) >= 11 is 10.7. The van der Waals surface area contributed by atoms with Gasteiger partial charge in [-0.25, -0.2) is 0 Å². The van der Waals surface area contributed by atoms with E-state index < -0.39 is 11.8 Å². The fourth-order valence-corrected chi connectivity index (χ4v) is 4.23. The number of carbonyl (C=O) groups is 2. The molecule has 150 valence electrons. The first-order valence-corrected chi connectivity index (χ1v) is 10.8. The maximum Gasteiger partial charge on any atom is 0.270 e. The molecule has 1 saturated heterocycles. The van der Waals surface area contributed by atoms with E-state index in [1.807, 2.05) is 19.1 Å². The molecule has 9 heteroatoms. The zero-order chi connectivity index (χ0) is 21.1. The molecule has 2 aromatic rings. The lowest BCUT2D eigenvalue weighted by Crippen LogP contribution is -2.54. The Morgan fingerprint density at radius 3 is 2.69 bits per heavy atom. The van der Waals surface area contributed by atoms with Crippen LogP contribution in [0.2, 0.25) is 0 Å². The molecule has 1 aliphatic heterocycles. The number of carbonyl (C=O) groups excluding carboxylic acids is 2. The molecule has 2 amide bonds. The summed E-state index contributed by atoms with van der Waals surface area (Å²) in [5, 5.41) is 2.62. The van der Waals surface area contributed by atoms with Gasteiger partial charge in [0.15, 0.2) is 16.6 Å². The van der Waals surface area contributed by atoms with Crippen molar-refractivity contribution in [1.29, 1.82) is 0 Å². The van der Waals surface area contributed by atoms with Crippen LogP contribution >= 0.6 is 50.7 Å². The molecule has 0 aliphatic carbocycles. The Morgan fingerprint density at radius 1 is 1.28 bits per heavy atom. The molecule has 6 nitrogen and oxygen atoms in total. The molecule has 0 spiro atoms. The van der Waals surface area contributed by atoms with Crippen LogP contribution in [-0.2, 0) is 9.59 Å². The van der Waals surface area contributed by atoms with Crippen LogP contribution in [0.25, 0.3) is 6.08 Å². The SMILES string of the molecule is CCOc1c(I)cc(C=C2C(=O)NC(=S)N(c3cccc(Br)c3)C2=O)cc1OC. The van der Waals surface area contributed by atoms with Crippen molar-refractivity contribution in [2.45, 2.75) is 6.92 Å². The van der Waals surface area contributed by atoms with Crippen molar-refractivity contribution >= 4 is 79.4 Å². The number of thiocarbonyl (C=S) groups is 1. The highest BCUT2D eigenvalue weighted by molar-refractivity contribution is 14.1. The zero-order valence-electron chi connectivity index (χ0n) is 15.5. The first kappa shape index (κ1) is 21.7. The number of ether oxygens (including phenoxy) is 2. The Kier molecular flexibility index (Phi) is 6.91. The second-order valence-corrected chi connectivity index (χ2v) is 8.37. The van der Waals surface area contributed by atoms with Gasteiger partial charge >= 0.3 is 0 Å². The van der Waals surface area contributed by atoms with Gasteiger partial charge < -0.3 is 9.47 Å². The quantitative estimate of drug-likeness (QED) is 0.245. The van der Waals surface area contributed by atoms with Gasteiger partial charge in [0.05, 0.1) is 23.0 Å². The number of halogens is 2. The number of anilines is 1. The molecule has 29 heavy (non-hydrogen) atoms. The number of rotatable bonds is 5. The van der Waals surface area contributed by atoms with E-state index in [1.54, 1.807) is 24.3 Å². The normalized spacial score (nSPS) is 15.5. The summed E-state index contributed by atoms with van der Waals surface area (Å²) < 4.78 is 12.6. The minimum absolute atomic E-state index is 0.0272. The van der Waals surface area contributed by atoms with E-state index in [9.17, 15) is 9.59 Å². The number of benzene rings is 2. The highest BCUT2D eigenvalue weighted by atomic mass is 127. The third-order valence-corrected chi connectivity index (χ3v) is 5.60. The molecular formula is C20H16BrIN2O4S. The number of hydrogen-bond donors (Lipinski definition) is 1. The molecule has 0 atom stereocenters. The Labute approximate surface area is 195 Å². The van der Waals surface area contributed by atoms with Crippen LogP contribution in [0.15, 0.2) is 46.4 Å². The van der Waals surface area contributed by atoms with E-state index in [2.05, 4.69) is 43.8 Å². The minimum Gasteiger partial charge on any atom is -0.493 e. The molecule has 0 radical (unpaired) electrons. The van der Waals surface area contributed by atoms with E-state index in [0.29, 0.717) is 29.4 Å². The zero-order valence-corrected chi connectivity index (χ0v) is 20.1. The summed E-state index contributed by atoms with van der Waals surface area (Å²) in [6, 6.07) is 10.7. The Morgan fingerprint density at radius 2 is 2.03 bits per heavy atom. The molecule has 1 fully saturated rings. The van der Waals surface area contributed by atoms with Crippen molar-refractivity contribution in [1.82, 2.24) is 5.32 Å². The summed E-state index contributed by atoms with van der Waals surface area (Å²) in [5.74, 6) is 0.0940. The largest absolute Gasteiger partial charge is 0.493 e. The first-order valence-electron chi connectivity index (χ1n) is 8.53. The van der Waals surface area contributed by atoms with Crippen molar-refractivity contribution in [3.8, 4) is 11.5 Å². The summed E-state index contributed by atoms with van der Waals surface area (Å²) in [5.41, 5.74) is 1.16. The van der Waals surface area contributed by atoms with Gasteiger partial charge in [0, 0.05) is 4.47 Å². The number of methoxy groups -OCH3 is 1. The minimum atomic E-state index is -0.547. The van der Waals surface area contributed by atoms with Crippen molar-refractivity contribution < 1.29 is 19.1 Å². The predicted molar refractivity (Wildman–Crippen MR) is 127 cm³/mol. The number of hydrogen-bond acceptors (Lipinski definition) is 5. The second kappa shape index (κ2) is 9.23. The molecule has 1 heterocycles. The maximum absolute atomic E-state index is 13.1. The second-order valence-electron chi connectivity index (χ2n) is 5.90. The topological polar surface area (TPSA) is 67.9 Å². The molecule has 0 unspecified atom stereocenters. The van der Waals surface area contributed by atoms with Gasteiger partial charge in [-0.15, -0.1) is 0 Å². The third-order valence-electron chi connectivity index (χ3n) is 4.02. The van der Waals surface area contributed by atoms with Gasteiger partial charge in [-0.3, -0.25) is 19.8 Å². The summed E-state index contributed by atoms with van der Waals surface area (Å²) in [4.78, 5) is 26.9. The van der Waals surface area contributed by atoms with Crippen LogP contribution in [0.5, 0.6) is 11.5 Å². The average molecular weight is 587 g/mol. The smallest absolute Gasteiger partial charge is 0.270 e. The number of nitrogens with zero attached hydrogens (tertiary/aromatic N) is 1. The van der Waals surface area contributed by atoms with E-state index in [4.69, 9.17) is 21.7 Å². The van der Waals surface area contributed by atoms with Crippen LogP contribution < -0.4 is 19.7 Å². The van der Waals surface area contributed by atoms with Gasteiger partial charge in [0.25, 0.3) is 11.8 Å². The summed E-state index contributed by atoms with van der Waals surface area (Å²) in [6.07, 6.45) is 1.52. The van der Waals surface area contributed by atoms with E-state index in [1.165, 1.54) is 18.1 Å². The van der Waals surface area contributed by atoms with Crippen LogP contribution in [-0.4, -0.2) is 30.6 Å². The van der Waals surface area contributed by atoms with Gasteiger partial charge in [0.2, 0.25) is 0 Å².